The summed E-state index contributed by atoms with van der Waals surface area (Å²) < 4.78 is 53.2. The van der Waals surface area contributed by atoms with Gasteiger partial charge in [-0.15, -0.1) is 0 Å². The Hall–Kier alpha value is -2.48. The Bertz CT molecular complexity index is 867. The Morgan fingerprint density at radius 3 is 2.04 bits per heavy atom. The lowest BCUT2D eigenvalue weighted by Crippen LogP contribution is -2.41. The molecule has 0 saturated carbocycles. The van der Waals surface area contributed by atoms with Gasteiger partial charge in [-0.2, -0.15) is 0 Å². The summed E-state index contributed by atoms with van der Waals surface area (Å²) in [5.74, 6) is -1.19. The number of rotatable bonds is 8. The number of carbonyl (C=O) groups is 1. The highest BCUT2D eigenvalue weighted by Gasteiger charge is 2.27. The standard InChI is InChI=1S/C19H22F2N2O3S/c1-14(2)11-12-22-19(24)13-23(17-7-3-15(20)4-8-17)27(25,26)18-9-5-16(21)6-10-18/h3-10,14H,11-13H2,1-2H3,(H,22,24). The molecular formula is C19H22F2N2O3S. The van der Waals surface area contributed by atoms with Crippen molar-refractivity contribution < 1.29 is 22.0 Å². The van der Waals surface area contributed by atoms with Crippen LogP contribution in [0.3, 0.4) is 0 Å². The number of carbonyl (C=O) groups excluding carboxylic acids is 1. The zero-order valence-electron chi connectivity index (χ0n) is 15.2. The summed E-state index contributed by atoms with van der Waals surface area (Å²) in [4.78, 5) is 12.1. The molecular weight excluding hydrogens is 374 g/mol. The highest BCUT2D eigenvalue weighted by molar-refractivity contribution is 7.92. The summed E-state index contributed by atoms with van der Waals surface area (Å²) in [6.07, 6.45) is 0.757. The molecule has 146 valence electrons. The van der Waals surface area contributed by atoms with Crippen LogP contribution in [0, 0.1) is 17.6 Å². The van der Waals surface area contributed by atoms with Crippen molar-refractivity contribution in [2.75, 3.05) is 17.4 Å². The van der Waals surface area contributed by atoms with E-state index in [-0.39, 0.29) is 10.6 Å². The van der Waals surface area contributed by atoms with Crippen LogP contribution in [0.15, 0.2) is 53.4 Å². The quantitative estimate of drug-likeness (QED) is 0.744. The van der Waals surface area contributed by atoms with Crippen molar-refractivity contribution in [3.63, 3.8) is 0 Å². The molecule has 0 heterocycles. The molecule has 27 heavy (non-hydrogen) atoms. The van der Waals surface area contributed by atoms with Gasteiger partial charge in [-0.05, 0) is 60.9 Å². The Morgan fingerprint density at radius 2 is 1.52 bits per heavy atom. The first-order chi connectivity index (χ1) is 12.7. The fourth-order valence-corrected chi connectivity index (χ4v) is 3.76. The number of nitrogens with one attached hydrogen (secondary N) is 1. The van der Waals surface area contributed by atoms with Crippen molar-refractivity contribution in [3.8, 4) is 0 Å². The van der Waals surface area contributed by atoms with Crippen molar-refractivity contribution in [1.29, 1.82) is 0 Å². The molecule has 2 aromatic rings. The fourth-order valence-electron chi connectivity index (χ4n) is 2.34. The zero-order valence-corrected chi connectivity index (χ0v) is 16.0. The summed E-state index contributed by atoms with van der Waals surface area (Å²) in [5.41, 5.74) is 0.139. The zero-order chi connectivity index (χ0) is 20.0. The van der Waals surface area contributed by atoms with Crippen LogP contribution < -0.4 is 9.62 Å². The van der Waals surface area contributed by atoms with Crippen molar-refractivity contribution in [2.24, 2.45) is 5.92 Å². The van der Waals surface area contributed by atoms with E-state index in [4.69, 9.17) is 0 Å². The maximum absolute atomic E-state index is 13.2. The van der Waals surface area contributed by atoms with Gasteiger partial charge >= 0.3 is 0 Å². The Kier molecular flexibility index (Phi) is 6.90. The average Bonchev–Trinajstić information content (AvgIpc) is 2.60. The molecule has 0 unspecified atom stereocenters. The van der Waals surface area contributed by atoms with Crippen molar-refractivity contribution >= 4 is 21.6 Å². The van der Waals surface area contributed by atoms with Crippen LogP contribution in [0.5, 0.6) is 0 Å². The van der Waals surface area contributed by atoms with E-state index in [0.29, 0.717) is 12.5 Å². The van der Waals surface area contributed by atoms with Crippen LogP contribution in [0.4, 0.5) is 14.5 Å². The highest BCUT2D eigenvalue weighted by Crippen LogP contribution is 2.24. The molecule has 0 radical (unpaired) electrons. The summed E-state index contributed by atoms with van der Waals surface area (Å²) in [6.45, 7) is 3.97. The van der Waals surface area contributed by atoms with E-state index in [1.807, 2.05) is 13.8 Å². The van der Waals surface area contributed by atoms with Gasteiger partial charge in [0.25, 0.3) is 10.0 Å². The maximum Gasteiger partial charge on any atom is 0.264 e. The minimum absolute atomic E-state index is 0.139. The van der Waals surface area contributed by atoms with Gasteiger partial charge in [0.1, 0.15) is 18.2 Å². The summed E-state index contributed by atoms with van der Waals surface area (Å²) in [7, 11) is -4.14. The van der Waals surface area contributed by atoms with Crippen LogP contribution in [-0.4, -0.2) is 27.4 Å². The molecule has 0 atom stereocenters. The third-order valence-corrected chi connectivity index (χ3v) is 5.64. The third kappa shape index (κ3) is 5.75. The molecule has 2 rings (SSSR count). The Labute approximate surface area is 158 Å². The molecule has 2 aromatic carbocycles. The Morgan fingerprint density at radius 1 is 1.00 bits per heavy atom. The smallest absolute Gasteiger partial charge is 0.264 e. The second-order valence-corrected chi connectivity index (χ2v) is 8.34. The minimum Gasteiger partial charge on any atom is -0.355 e. The van der Waals surface area contributed by atoms with Crippen molar-refractivity contribution in [3.05, 3.63) is 60.2 Å². The predicted octanol–water partition coefficient (Wildman–Crippen LogP) is 3.32. The SMILES string of the molecule is CC(C)CCNC(=O)CN(c1ccc(F)cc1)S(=O)(=O)c1ccc(F)cc1. The molecule has 0 aliphatic heterocycles. The van der Waals surface area contributed by atoms with Crippen LogP contribution in [-0.2, 0) is 14.8 Å². The van der Waals surface area contributed by atoms with Crippen LogP contribution in [0.2, 0.25) is 0 Å². The molecule has 0 fully saturated rings. The minimum atomic E-state index is -4.14. The number of anilines is 1. The molecule has 1 amide bonds. The van der Waals surface area contributed by atoms with E-state index in [2.05, 4.69) is 5.32 Å². The molecule has 0 aromatic heterocycles. The first-order valence-electron chi connectivity index (χ1n) is 8.50. The van der Waals surface area contributed by atoms with E-state index >= 15 is 0 Å². The van der Waals surface area contributed by atoms with E-state index in [0.717, 1.165) is 47.1 Å². The van der Waals surface area contributed by atoms with Gasteiger partial charge in [-0.25, -0.2) is 17.2 Å². The maximum atomic E-state index is 13.2. The van der Waals surface area contributed by atoms with E-state index in [1.165, 1.54) is 12.1 Å². The van der Waals surface area contributed by atoms with Crippen LogP contribution in [0.1, 0.15) is 20.3 Å². The molecule has 8 heteroatoms. The summed E-state index contributed by atoms with van der Waals surface area (Å²) >= 11 is 0. The average molecular weight is 396 g/mol. The molecule has 0 aliphatic carbocycles. The lowest BCUT2D eigenvalue weighted by molar-refractivity contribution is -0.119. The van der Waals surface area contributed by atoms with E-state index in [1.54, 1.807) is 0 Å². The van der Waals surface area contributed by atoms with Gasteiger partial charge < -0.3 is 5.32 Å². The van der Waals surface area contributed by atoms with Gasteiger partial charge in [-0.1, -0.05) is 13.8 Å². The van der Waals surface area contributed by atoms with Crippen molar-refractivity contribution in [1.82, 2.24) is 5.32 Å². The number of nitrogens with zero attached hydrogens (tertiary/aromatic N) is 1. The number of amides is 1. The molecule has 1 N–H and O–H groups in total. The predicted molar refractivity (Wildman–Crippen MR) is 99.8 cm³/mol. The largest absolute Gasteiger partial charge is 0.355 e. The summed E-state index contributed by atoms with van der Waals surface area (Å²) in [6, 6.07) is 9.07. The van der Waals surface area contributed by atoms with Gasteiger partial charge in [0.15, 0.2) is 0 Å². The van der Waals surface area contributed by atoms with Crippen molar-refractivity contribution in [2.45, 2.75) is 25.2 Å². The Balaban J connectivity index is 2.30. The first kappa shape index (κ1) is 20.8. The highest BCUT2D eigenvalue weighted by atomic mass is 32.2. The third-order valence-electron chi connectivity index (χ3n) is 3.85. The van der Waals surface area contributed by atoms with Crippen LogP contribution in [0.25, 0.3) is 0 Å². The molecule has 0 spiro atoms. The van der Waals surface area contributed by atoms with Gasteiger partial charge in [0.05, 0.1) is 10.6 Å². The van der Waals surface area contributed by atoms with Gasteiger partial charge in [0.2, 0.25) is 5.91 Å². The monoisotopic (exact) mass is 396 g/mol. The second-order valence-electron chi connectivity index (χ2n) is 6.47. The second kappa shape index (κ2) is 8.94. The molecule has 0 aliphatic rings. The number of benzene rings is 2. The number of sulfonamides is 1. The lowest BCUT2D eigenvalue weighted by atomic mass is 10.1. The number of hydrogen-bond donors (Lipinski definition) is 1. The van der Waals surface area contributed by atoms with Gasteiger partial charge in [-0.3, -0.25) is 9.10 Å². The van der Waals surface area contributed by atoms with Crippen LogP contribution >= 0.6 is 0 Å². The number of halogens is 2. The topological polar surface area (TPSA) is 66.5 Å². The van der Waals surface area contributed by atoms with E-state index in [9.17, 15) is 22.0 Å². The van der Waals surface area contributed by atoms with E-state index < -0.39 is 34.1 Å². The molecule has 0 saturated heterocycles. The molecule has 5 nitrogen and oxygen atoms in total. The summed E-state index contributed by atoms with van der Waals surface area (Å²) in [5, 5.41) is 2.68. The molecule has 0 bridgehead atoms. The lowest BCUT2D eigenvalue weighted by Gasteiger charge is -2.24. The normalized spacial score (nSPS) is 11.4. The van der Waals surface area contributed by atoms with Gasteiger partial charge in [0, 0.05) is 6.54 Å². The fraction of sp³-hybridized carbons (Fsp3) is 0.316. The number of hydrogen-bond acceptors (Lipinski definition) is 3. The first-order valence-corrected chi connectivity index (χ1v) is 9.94.